The fraction of sp³-hybridized carbons (Fsp3) is 0.545. The fourth-order valence-corrected chi connectivity index (χ4v) is 1.81. The minimum atomic E-state index is -1.04. The van der Waals surface area contributed by atoms with Crippen LogP contribution in [0.4, 0.5) is 0 Å². The van der Waals surface area contributed by atoms with Crippen molar-refractivity contribution in [3.63, 3.8) is 0 Å². The molecule has 1 unspecified atom stereocenters. The molecule has 0 aliphatic heterocycles. The SMILES string of the molecule is CCN(C(C)=O)C(C(=O)O)c1cnn(C)c1C. The molecular weight excluding hydrogens is 222 g/mol. The van der Waals surface area contributed by atoms with E-state index in [2.05, 4.69) is 5.10 Å². The topological polar surface area (TPSA) is 75.4 Å². The van der Waals surface area contributed by atoms with Crippen LogP contribution in [0.1, 0.15) is 31.1 Å². The lowest BCUT2D eigenvalue weighted by Crippen LogP contribution is -2.37. The van der Waals surface area contributed by atoms with Gasteiger partial charge in [-0.15, -0.1) is 0 Å². The number of carboxylic acid groups (broad SMARTS) is 1. The molecule has 0 radical (unpaired) electrons. The van der Waals surface area contributed by atoms with E-state index in [4.69, 9.17) is 0 Å². The number of amides is 1. The Morgan fingerprint density at radius 3 is 2.47 bits per heavy atom. The summed E-state index contributed by atoms with van der Waals surface area (Å²) in [5, 5.41) is 13.3. The molecule has 17 heavy (non-hydrogen) atoms. The summed E-state index contributed by atoms with van der Waals surface area (Å²) in [6, 6.07) is -0.966. The van der Waals surface area contributed by atoms with Gasteiger partial charge in [0, 0.05) is 31.8 Å². The summed E-state index contributed by atoms with van der Waals surface area (Å²) in [5.41, 5.74) is 1.30. The van der Waals surface area contributed by atoms with Gasteiger partial charge in [-0.1, -0.05) is 0 Å². The molecule has 0 fully saturated rings. The molecule has 0 saturated heterocycles. The van der Waals surface area contributed by atoms with Crippen LogP contribution in [-0.2, 0) is 16.6 Å². The van der Waals surface area contributed by atoms with Crippen molar-refractivity contribution in [2.75, 3.05) is 6.54 Å². The molecule has 6 nitrogen and oxygen atoms in total. The number of hydrogen-bond donors (Lipinski definition) is 1. The van der Waals surface area contributed by atoms with Gasteiger partial charge in [-0.25, -0.2) is 4.79 Å². The highest BCUT2D eigenvalue weighted by Gasteiger charge is 2.30. The van der Waals surface area contributed by atoms with E-state index in [1.165, 1.54) is 18.0 Å². The number of carboxylic acids is 1. The third-order valence-electron chi connectivity index (χ3n) is 2.86. The smallest absolute Gasteiger partial charge is 0.331 e. The van der Waals surface area contributed by atoms with Crippen molar-refractivity contribution in [2.45, 2.75) is 26.8 Å². The summed E-state index contributed by atoms with van der Waals surface area (Å²) >= 11 is 0. The first kappa shape index (κ1) is 13.2. The molecule has 1 atom stereocenters. The fourth-order valence-electron chi connectivity index (χ4n) is 1.81. The van der Waals surface area contributed by atoms with Crippen LogP contribution in [0.25, 0.3) is 0 Å². The van der Waals surface area contributed by atoms with Crippen molar-refractivity contribution in [1.82, 2.24) is 14.7 Å². The highest BCUT2D eigenvalue weighted by molar-refractivity contribution is 5.83. The van der Waals surface area contributed by atoms with E-state index in [-0.39, 0.29) is 5.91 Å². The summed E-state index contributed by atoms with van der Waals surface area (Å²) in [4.78, 5) is 24.1. The van der Waals surface area contributed by atoms with Crippen LogP contribution >= 0.6 is 0 Å². The lowest BCUT2D eigenvalue weighted by atomic mass is 10.1. The van der Waals surface area contributed by atoms with Gasteiger partial charge in [0.1, 0.15) is 0 Å². The number of nitrogens with zero attached hydrogens (tertiary/aromatic N) is 3. The Hall–Kier alpha value is -1.85. The first-order valence-corrected chi connectivity index (χ1v) is 5.38. The number of carbonyl (C=O) groups is 2. The molecule has 0 aromatic carbocycles. The zero-order chi connectivity index (χ0) is 13.2. The second-order valence-electron chi connectivity index (χ2n) is 3.85. The van der Waals surface area contributed by atoms with Crippen LogP contribution in [0.15, 0.2) is 6.20 Å². The number of aliphatic carboxylic acids is 1. The lowest BCUT2D eigenvalue weighted by molar-refractivity contribution is -0.149. The highest BCUT2D eigenvalue weighted by atomic mass is 16.4. The normalized spacial score (nSPS) is 12.2. The van der Waals surface area contributed by atoms with E-state index < -0.39 is 12.0 Å². The second-order valence-corrected chi connectivity index (χ2v) is 3.85. The Bertz CT molecular complexity index is 439. The first-order valence-electron chi connectivity index (χ1n) is 5.38. The number of carbonyl (C=O) groups excluding carboxylic acids is 1. The standard InChI is InChI=1S/C11H17N3O3/c1-5-14(8(3)15)10(11(16)17)9-6-12-13(4)7(9)2/h6,10H,5H2,1-4H3,(H,16,17). The van der Waals surface area contributed by atoms with Gasteiger partial charge in [0.15, 0.2) is 6.04 Å². The maximum Gasteiger partial charge on any atom is 0.331 e. The molecule has 1 rings (SSSR count). The largest absolute Gasteiger partial charge is 0.479 e. The molecule has 1 aromatic heterocycles. The van der Waals surface area contributed by atoms with Gasteiger partial charge in [0.05, 0.1) is 6.20 Å². The van der Waals surface area contributed by atoms with Crippen molar-refractivity contribution in [1.29, 1.82) is 0 Å². The van der Waals surface area contributed by atoms with E-state index in [9.17, 15) is 14.7 Å². The molecule has 94 valence electrons. The third-order valence-corrected chi connectivity index (χ3v) is 2.86. The molecule has 6 heteroatoms. The lowest BCUT2D eigenvalue weighted by Gasteiger charge is -2.26. The molecule has 0 aliphatic rings. The Balaban J connectivity index is 3.22. The highest BCUT2D eigenvalue weighted by Crippen LogP contribution is 2.23. The third kappa shape index (κ3) is 2.46. The number of hydrogen-bond acceptors (Lipinski definition) is 3. The van der Waals surface area contributed by atoms with E-state index >= 15 is 0 Å². The minimum Gasteiger partial charge on any atom is -0.479 e. The van der Waals surface area contributed by atoms with Gasteiger partial charge in [0.25, 0.3) is 0 Å². The molecular formula is C11H17N3O3. The zero-order valence-corrected chi connectivity index (χ0v) is 10.5. The Morgan fingerprint density at radius 2 is 2.18 bits per heavy atom. The maximum atomic E-state index is 11.4. The number of likely N-dealkylation sites (N-methyl/N-ethyl adjacent to an activating group) is 1. The average molecular weight is 239 g/mol. The summed E-state index contributed by atoms with van der Waals surface area (Å²) in [7, 11) is 1.74. The zero-order valence-electron chi connectivity index (χ0n) is 10.5. The van der Waals surface area contributed by atoms with Gasteiger partial charge in [0.2, 0.25) is 5.91 Å². The summed E-state index contributed by atoms with van der Waals surface area (Å²) in [5.74, 6) is -1.30. The molecule has 0 spiro atoms. The van der Waals surface area contributed by atoms with Crippen LogP contribution in [0.3, 0.4) is 0 Å². The van der Waals surface area contributed by atoms with E-state index in [1.807, 2.05) is 0 Å². The van der Waals surface area contributed by atoms with E-state index in [0.29, 0.717) is 12.1 Å². The Labute approximate surface area is 99.8 Å². The Morgan fingerprint density at radius 1 is 1.59 bits per heavy atom. The van der Waals surface area contributed by atoms with Crippen molar-refractivity contribution in [3.8, 4) is 0 Å². The average Bonchev–Trinajstić information content (AvgIpc) is 2.55. The van der Waals surface area contributed by atoms with Crippen LogP contribution in [-0.4, -0.2) is 38.2 Å². The Kier molecular flexibility index (Phi) is 3.88. The van der Waals surface area contributed by atoms with Gasteiger partial charge >= 0.3 is 5.97 Å². The van der Waals surface area contributed by atoms with Crippen molar-refractivity contribution in [2.24, 2.45) is 7.05 Å². The van der Waals surface area contributed by atoms with Gasteiger partial charge in [-0.2, -0.15) is 5.10 Å². The summed E-state index contributed by atoms with van der Waals surface area (Å²) in [6.07, 6.45) is 1.50. The first-order chi connectivity index (χ1) is 7.90. The summed E-state index contributed by atoms with van der Waals surface area (Å²) < 4.78 is 1.60. The maximum absolute atomic E-state index is 11.4. The van der Waals surface area contributed by atoms with Crippen LogP contribution in [0, 0.1) is 6.92 Å². The second kappa shape index (κ2) is 4.99. The van der Waals surface area contributed by atoms with E-state index in [1.54, 1.807) is 25.6 Å². The van der Waals surface area contributed by atoms with Crippen molar-refractivity contribution in [3.05, 3.63) is 17.5 Å². The number of aryl methyl sites for hydroxylation is 1. The minimum absolute atomic E-state index is 0.261. The molecule has 1 heterocycles. The predicted molar refractivity (Wildman–Crippen MR) is 61.4 cm³/mol. The van der Waals surface area contributed by atoms with Crippen LogP contribution in [0.2, 0.25) is 0 Å². The monoisotopic (exact) mass is 239 g/mol. The molecule has 1 N–H and O–H groups in total. The van der Waals surface area contributed by atoms with Crippen molar-refractivity contribution < 1.29 is 14.7 Å². The molecule has 0 aliphatic carbocycles. The van der Waals surface area contributed by atoms with E-state index in [0.717, 1.165) is 5.69 Å². The van der Waals surface area contributed by atoms with Crippen LogP contribution < -0.4 is 0 Å². The van der Waals surface area contributed by atoms with Gasteiger partial charge in [-0.05, 0) is 13.8 Å². The quantitative estimate of drug-likeness (QED) is 0.840. The summed E-state index contributed by atoms with van der Waals surface area (Å²) in [6.45, 7) is 5.25. The van der Waals surface area contributed by atoms with Crippen LogP contribution in [0.5, 0.6) is 0 Å². The van der Waals surface area contributed by atoms with Gasteiger partial charge in [-0.3, -0.25) is 9.48 Å². The number of aromatic nitrogens is 2. The number of rotatable bonds is 4. The molecule has 0 bridgehead atoms. The molecule has 0 saturated carbocycles. The predicted octanol–water partition coefficient (Wildman–Crippen LogP) is 0.723. The molecule has 1 amide bonds. The molecule has 1 aromatic rings. The van der Waals surface area contributed by atoms with Crippen molar-refractivity contribution >= 4 is 11.9 Å². The van der Waals surface area contributed by atoms with Gasteiger partial charge < -0.3 is 10.0 Å².